The van der Waals surface area contributed by atoms with E-state index in [1.54, 1.807) is 0 Å². The highest BCUT2D eigenvalue weighted by atomic mass is 16.5. The minimum absolute atomic E-state index is 0.0461. The first-order valence-electron chi connectivity index (χ1n) is 7.35. The molecule has 2 N–H and O–H groups in total. The van der Waals surface area contributed by atoms with Crippen molar-refractivity contribution in [2.24, 2.45) is 0 Å². The number of hydrogen-bond donors (Lipinski definition) is 2. The molecule has 1 heterocycles. The molecule has 1 unspecified atom stereocenters. The van der Waals surface area contributed by atoms with Crippen LogP contribution in [-0.4, -0.2) is 61.3 Å². The molecule has 1 amide bonds. The second-order valence-corrected chi connectivity index (χ2v) is 5.19. The van der Waals surface area contributed by atoms with Gasteiger partial charge < -0.3 is 15.2 Å². The minimum Gasteiger partial charge on any atom is -0.469 e. The summed E-state index contributed by atoms with van der Waals surface area (Å²) in [7, 11) is 1.36. The van der Waals surface area contributed by atoms with Gasteiger partial charge in [0.2, 0.25) is 5.91 Å². The zero-order chi connectivity index (χ0) is 14.8. The molecule has 0 spiro atoms. The largest absolute Gasteiger partial charge is 0.469 e. The van der Waals surface area contributed by atoms with Crippen molar-refractivity contribution in [2.45, 2.75) is 44.6 Å². The molecule has 0 aromatic heterocycles. The molecule has 6 heteroatoms. The number of hydrogen-bond acceptors (Lipinski definition) is 5. The quantitative estimate of drug-likeness (QED) is 0.519. The van der Waals surface area contributed by atoms with Gasteiger partial charge in [-0.25, -0.2) is 0 Å². The van der Waals surface area contributed by atoms with Crippen molar-refractivity contribution >= 4 is 11.9 Å². The number of methoxy groups -OCH3 is 1. The Bertz CT molecular complexity index is 310. The number of ether oxygens (including phenoxy) is 1. The number of aliphatic hydroxyl groups excluding tert-OH is 1. The Morgan fingerprint density at radius 1 is 1.35 bits per heavy atom. The third-order valence-electron chi connectivity index (χ3n) is 3.66. The number of likely N-dealkylation sites (tertiary alicyclic amines) is 1. The molecule has 0 aromatic carbocycles. The topological polar surface area (TPSA) is 78.9 Å². The van der Waals surface area contributed by atoms with Gasteiger partial charge in [0.05, 0.1) is 20.3 Å². The molecule has 0 aromatic rings. The normalized spacial score (nSPS) is 20.2. The van der Waals surface area contributed by atoms with E-state index in [-0.39, 0.29) is 24.5 Å². The maximum Gasteiger partial charge on any atom is 0.305 e. The molecule has 0 radical (unpaired) electrons. The molecule has 0 aliphatic carbocycles. The van der Waals surface area contributed by atoms with Gasteiger partial charge in [-0.1, -0.05) is 12.8 Å². The summed E-state index contributed by atoms with van der Waals surface area (Å²) in [6, 6.07) is 0.0957. The Morgan fingerprint density at radius 2 is 2.15 bits per heavy atom. The summed E-state index contributed by atoms with van der Waals surface area (Å²) >= 11 is 0. The van der Waals surface area contributed by atoms with Crippen LogP contribution in [0.4, 0.5) is 0 Å². The number of carbonyl (C=O) groups excluding carboxylic acids is 2. The van der Waals surface area contributed by atoms with Crippen LogP contribution in [0.2, 0.25) is 0 Å². The Kier molecular flexibility index (Phi) is 8.22. The van der Waals surface area contributed by atoms with E-state index in [0.29, 0.717) is 25.9 Å². The molecule has 0 saturated carbocycles. The Morgan fingerprint density at radius 3 is 2.85 bits per heavy atom. The van der Waals surface area contributed by atoms with Crippen LogP contribution >= 0.6 is 0 Å². The maximum atomic E-state index is 11.8. The first-order valence-corrected chi connectivity index (χ1v) is 7.35. The molecule has 6 nitrogen and oxygen atoms in total. The van der Waals surface area contributed by atoms with Crippen LogP contribution < -0.4 is 5.32 Å². The summed E-state index contributed by atoms with van der Waals surface area (Å²) in [4.78, 5) is 24.8. The van der Waals surface area contributed by atoms with Crippen LogP contribution in [0, 0.1) is 0 Å². The predicted molar refractivity (Wildman–Crippen MR) is 75.2 cm³/mol. The number of nitrogens with one attached hydrogen (secondary N) is 1. The third kappa shape index (κ3) is 6.34. The Balaban J connectivity index is 2.24. The Hall–Kier alpha value is -1.14. The lowest BCUT2D eigenvalue weighted by atomic mass is 10.1. The van der Waals surface area contributed by atoms with Crippen LogP contribution in [0.25, 0.3) is 0 Å². The molecule has 1 aliphatic heterocycles. The van der Waals surface area contributed by atoms with E-state index in [1.165, 1.54) is 7.11 Å². The number of amides is 1. The summed E-state index contributed by atoms with van der Waals surface area (Å²) in [6.45, 7) is 1.77. The highest BCUT2D eigenvalue weighted by Crippen LogP contribution is 2.15. The van der Waals surface area contributed by atoms with E-state index in [2.05, 4.69) is 15.0 Å². The molecule has 20 heavy (non-hydrogen) atoms. The number of aliphatic hydroxyl groups is 1. The fourth-order valence-electron chi connectivity index (χ4n) is 2.45. The highest BCUT2D eigenvalue weighted by molar-refractivity contribution is 5.78. The van der Waals surface area contributed by atoms with Gasteiger partial charge in [0.25, 0.3) is 0 Å². The number of rotatable bonds is 7. The summed E-state index contributed by atoms with van der Waals surface area (Å²) < 4.78 is 4.53. The molecule has 116 valence electrons. The number of esters is 1. The molecule has 1 atom stereocenters. The minimum atomic E-state index is -0.257. The van der Waals surface area contributed by atoms with E-state index in [0.717, 1.165) is 32.2 Å². The van der Waals surface area contributed by atoms with Crippen molar-refractivity contribution in [2.75, 3.05) is 33.4 Å². The predicted octanol–water partition coefficient (Wildman–Crippen LogP) is 0.293. The lowest BCUT2D eigenvalue weighted by molar-refractivity contribution is -0.140. The second-order valence-electron chi connectivity index (χ2n) is 5.19. The standard InChI is InChI=1S/C14H26N2O4/c1-20-14(19)7-5-8-15-13(18)10-16-9-4-2-3-6-12(16)11-17/h12,17H,2-11H2,1H3,(H,15,18). The summed E-state index contributed by atoms with van der Waals surface area (Å²) in [5, 5.41) is 12.2. The van der Waals surface area contributed by atoms with Crippen LogP contribution in [0.1, 0.15) is 38.5 Å². The first kappa shape index (κ1) is 16.9. The van der Waals surface area contributed by atoms with Gasteiger partial charge in [0.15, 0.2) is 0 Å². The van der Waals surface area contributed by atoms with Crippen LogP contribution in [0.3, 0.4) is 0 Å². The number of nitrogens with zero attached hydrogens (tertiary/aromatic N) is 1. The fraction of sp³-hybridized carbons (Fsp3) is 0.857. The number of carbonyl (C=O) groups is 2. The van der Waals surface area contributed by atoms with E-state index in [1.807, 2.05) is 0 Å². The van der Waals surface area contributed by atoms with Gasteiger partial charge in [-0.2, -0.15) is 0 Å². The average Bonchev–Trinajstić information content (AvgIpc) is 2.68. The SMILES string of the molecule is COC(=O)CCCNC(=O)CN1CCCCCC1CO. The molecule has 1 fully saturated rings. The first-order chi connectivity index (χ1) is 9.67. The maximum absolute atomic E-state index is 11.8. The Labute approximate surface area is 120 Å². The molecule has 0 bridgehead atoms. The molecular weight excluding hydrogens is 260 g/mol. The molecule has 1 saturated heterocycles. The average molecular weight is 286 g/mol. The van der Waals surface area contributed by atoms with Gasteiger partial charge >= 0.3 is 5.97 Å². The summed E-state index contributed by atoms with van der Waals surface area (Å²) in [6.07, 6.45) is 5.20. The van der Waals surface area contributed by atoms with Crippen molar-refractivity contribution in [1.82, 2.24) is 10.2 Å². The smallest absolute Gasteiger partial charge is 0.305 e. The summed E-state index contributed by atoms with van der Waals surface area (Å²) in [5.41, 5.74) is 0. The van der Waals surface area contributed by atoms with Crippen molar-refractivity contribution in [3.8, 4) is 0 Å². The van der Waals surface area contributed by atoms with Gasteiger partial charge in [0.1, 0.15) is 0 Å². The van der Waals surface area contributed by atoms with Crippen LogP contribution in [-0.2, 0) is 14.3 Å². The second kappa shape index (κ2) is 9.72. The summed E-state index contributed by atoms with van der Waals surface area (Å²) in [5.74, 6) is -0.303. The zero-order valence-electron chi connectivity index (χ0n) is 12.3. The molecule has 1 rings (SSSR count). The lowest BCUT2D eigenvalue weighted by Gasteiger charge is -2.27. The fourth-order valence-corrected chi connectivity index (χ4v) is 2.45. The van der Waals surface area contributed by atoms with Gasteiger partial charge in [0, 0.05) is 19.0 Å². The van der Waals surface area contributed by atoms with E-state index >= 15 is 0 Å². The highest BCUT2D eigenvalue weighted by Gasteiger charge is 2.22. The van der Waals surface area contributed by atoms with Crippen molar-refractivity contribution in [3.63, 3.8) is 0 Å². The van der Waals surface area contributed by atoms with E-state index < -0.39 is 0 Å². The van der Waals surface area contributed by atoms with Gasteiger partial charge in [-0.3, -0.25) is 14.5 Å². The van der Waals surface area contributed by atoms with Crippen molar-refractivity contribution < 1.29 is 19.4 Å². The lowest BCUT2D eigenvalue weighted by Crippen LogP contribution is -2.44. The van der Waals surface area contributed by atoms with E-state index in [4.69, 9.17) is 0 Å². The zero-order valence-corrected chi connectivity index (χ0v) is 12.3. The van der Waals surface area contributed by atoms with Gasteiger partial charge in [-0.15, -0.1) is 0 Å². The molecule has 1 aliphatic rings. The van der Waals surface area contributed by atoms with Crippen molar-refractivity contribution in [3.05, 3.63) is 0 Å². The van der Waals surface area contributed by atoms with Crippen molar-refractivity contribution in [1.29, 1.82) is 0 Å². The molecular formula is C14H26N2O4. The third-order valence-corrected chi connectivity index (χ3v) is 3.66. The van der Waals surface area contributed by atoms with Crippen LogP contribution in [0.15, 0.2) is 0 Å². The van der Waals surface area contributed by atoms with Gasteiger partial charge in [-0.05, 0) is 25.8 Å². The van der Waals surface area contributed by atoms with E-state index in [9.17, 15) is 14.7 Å². The monoisotopic (exact) mass is 286 g/mol. The van der Waals surface area contributed by atoms with Crippen LogP contribution in [0.5, 0.6) is 0 Å².